The molecule has 1 saturated carbocycles. The minimum absolute atomic E-state index is 0.0435. The summed E-state index contributed by atoms with van der Waals surface area (Å²) in [6, 6.07) is 6.09. The third-order valence-electron chi connectivity index (χ3n) is 6.34. The summed E-state index contributed by atoms with van der Waals surface area (Å²) >= 11 is 12.5. The highest BCUT2D eigenvalue weighted by molar-refractivity contribution is 6.43. The summed E-state index contributed by atoms with van der Waals surface area (Å²) in [5.74, 6) is 0.760. The van der Waals surface area contributed by atoms with E-state index in [1.165, 1.54) is 19.3 Å². The molecule has 1 saturated heterocycles. The molecule has 0 unspecified atom stereocenters. The SMILES string of the molecule is COCN(C)C(=O)NC1CCC(CCN2CCN(c3cccc(Cl)c3Cl)CC2)CC1. The first-order valence-corrected chi connectivity index (χ1v) is 11.7. The number of halogens is 2. The highest BCUT2D eigenvalue weighted by Gasteiger charge is 2.25. The van der Waals surface area contributed by atoms with Gasteiger partial charge in [0.05, 0.1) is 15.7 Å². The zero-order valence-electron chi connectivity index (χ0n) is 18.1. The van der Waals surface area contributed by atoms with Gasteiger partial charge in [-0.3, -0.25) is 4.90 Å². The standard InChI is InChI=1S/C22H34Cl2N4O2/c1-26(16-30-2)22(29)25-18-8-6-17(7-9-18)10-11-27-12-14-28(15-13-27)20-5-3-4-19(23)21(20)24/h3-5,17-18H,6-16H2,1-2H3,(H,25,29). The molecule has 168 valence electrons. The van der Waals surface area contributed by atoms with Crippen LogP contribution in [0.3, 0.4) is 0 Å². The van der Waals surface area contributed by atoms with Gasteiger partial charge >= 0.3 is 6.03 Å². The van der Waals surface area contributed by atoms with Crippen LogP contribution in [0.5, 0.6) is 0 Å². The average molecular weight is 457 g/mol. The molecule has 2 fully saturated rings. The number of hydrogen-bond donors (Lipinski definition) is 1. The molecule has 8 heteroatoms. The Hall–Kier alpha value is -1.21. The van der Waals surface area contributed by atoms with Crippen molar-refractivity contribution in [2.45, 2.75) is 38.1 Å². The molecule has 1 aliphatic heterocycles. The molecule has 2 aliphatic rings. The molecule has 6 nitrogen and oxygen atoms in total. The smallest absolute Gasteiger partial charge is 0.319 e. The fourth-order valence-corrected chi connectivity index (χ4v) is 4.86. The number of carbonyl (C=O) groups excluding carboxylic acids is 1. The molecule has 0 bridgehead atoms. The molecule has 0 radical (unpaired) electrons. The Morgan fingerprint density at radius 3 is 2.53 bits per heavy atom. The Morgan fingerprint density at radius 2 is 1.87 bits per heavy atom. The number of carbonyl (C=O) groups is 1. The summed E-state index contributed by atoms with van der Waals surface area (Å²) in [6.45, 7) is 5.54. The largest absolute Gasteiger partial charge is 0.368 e. The molecule has 1 aliphatic carbocycles. The summed E-state index contributed by atoms with van der Waals surface area (Å²) in [5.41, 5.74) is 1.04. The number of nitrogens with one attached hydrogen (secondary N) is 1. The van der Waals surface area contributed by atoms with E-state index in [0.717, 1.165) is 57.2 Å². The van der Waals surface area contributed by atoms with Crippen molar-refractivity contribution >= 4 is 34.9 Å². The summed E-state index contributed by atoms with van der Waals surface area (Å²) in [6.07, 6.45) is 5.76. The Bertz CT molecular complexity index is 690. The molecule has 2 amide bonds. The maximum Gasteiger partial charge on any atom is 0.319 e. The molecule has 0 spiro atoms. The van der Waals surface area contributed by atoms with Gasteiger partial charge in [-0.25, -0.2) is 4.79 Å². The number of rotatable bonds is 7. The van der Waals surface area contributed by atoms with Crippen LogP contribution in [-0.2, 0) is 4.74 Å². The first kappa shape index (κ1) is 23.5. The average Bonchev–Trinajstić information content (AvgIpc) is 2.76. The van der Waals surface area contributed by atoms with Crippen molar-refractivity contribution in [1.82, 2.24) is 15.1 Å². The molecule has 1 N–H and O–H groups in total. The Morgan fingerprint density at radius 1 is 1.17 bits per heavy atom. The van der Waals surface area contributed by atoms with Crippen LogP contribution in [0, 0.1) is 5.92 Å². The fourth-order valence-electron chi connectivity index (χ4n) is 4.45. The first-order chi connectivity index (χ1) is 14.5. The van der Waals surface area contributed by atoms with E-state index in [1.807, 2.05) is 18.2 Å². The molecule has 3 rings (SSSR count). The van der Waals surface area contributed by atoms with Crippen LogP contribution < -0.4 is 10.2 Å². The van der Waals surface area contributed by atoms with Crippen molar-refractivity contribution in [2.24, 2.45) is 5.92 Å². The molecular formula is C22H34Cl2N4O2. The number of methoxy groups -OCH3 is 1. The van der Waals surface area contributed by atoms with Gasteiger partial charge in [-0.05, 0) is 56.7 Å². The van der Waals surface area contributed by atoms with Crippen LogP contribution in [0.1, 0.15) is 32.1 Å². The van der Waals surface area contributed by atoms with Crippen LogP contribution >= 0.6 is 23.2 Å². The van der Waals surface area contributed by atoms with Crippen molar-refractivity contribution in [3.63, 3.8) is 0 Å². The Labute approximate surface area is 190 Å². The molecule has 0 atom stereocenters. The van der Waals surface area contributed by atoms with Gasteiger partial charge < -0.3 is 19.9 Å². The Balaban J connectivity index is 1.34. The van der Waals surface area contributed by atoms with E-state index in [9.17, 15) is 4.79 Å². The normalized spacial score (nSPS) is 22.7. The topological polar surface area (TPSA) is 48.1 Å². The number of nitrogens with zero attached hydrogens (tertiary/aromatic N) is 3. The van der Waals surface area contributed by atoms with E-state index >= 15 is 0 Å². The van der Waals surface area contributed by atoms with Gasteiger partial charge in [-0.2, -0.15) is 0 Å². The number of hydrogen-bond acceptors (Lipinski definition) is 4. The zero-order valence-corrected chi connectivity index (χ0v) is 19.6. The second-order valence-electron chi connectivity index (χ2n) is 8.47. The lowest BCUT2D eigenvalue weighted by molar-refractivity contribution is 0.0946. The predicted octanol–water partition coefficient (Wildman–Crippen LogP) is 4.31. The number of piperazine rings is 1. The lowest BCUT2D eigenvalue weighted by atomic mass is 9.84. The van der Waals surface area contributed by atoms with Gasteiger partial charge in [0.25, 0.3) is 0 Å². The highest BCUT2D eigenvalue weighted by atomic mass is 35.5. The maximum atomic E-state index is 12.1. The monoisotopic (exact) mass is 456 g/mol. The van der Waals surface area contributed by atoms with Gasteiger partial charge in [0.1, 0.15) is 6.73 Å². The quantitative estimate of drug-likeness (QED) is 0.620. The number of benzene rings is 1. The predicted molar refractivity (Wildman–Crippen MR) is 124 cm³/mol. The van der Waals surface area contributed by atoms with Crippen LogP contribution in [0.15, 0.2) is 18.2 Å². The zero-order chi connectivity index (χ0) is 21.5. The second-order valence-corrected chi connectivity index (χ2v) is 9.26. The molecule has 30 heavy (non-hydrogen) atoms. The highest BCUT2D eigenvalue weighted by Crippen LogP contribution is 2.33. The molecular weight excluding hydrogens is 423 g/mol. The number of ether oxygens (including phenoxy) is 1. The third kappa shape index (κ3) is 6.39. The summed E-state index contributed by atoms with van der Waals surface area (Å²) < 4.78 is 5.01. The molecule has 1 heterocycles. The van der Waals surface area contributed by atoms with Crippen LogP contribution in [0.2, 0.25) is 10.0 Å². The number of anilines is 1. The summed E-state index contributed by atoms with van der Waals surface area (Å²) in [4.78, 5) is 18.6. The van der Waals surface area contributed by atoms with Crippen LogP contribution in [-0.4, -0.2) is 75.5 Å². The maximum absolute atomic E-state index is 12.1. The minimum atomic E-state index is -0.0435. The number of urea groups is 1. The minimum Gasteiger partial charge on any atom is -0.368 e. The van der Waals surface area contributed by atoms with Crippen molar-refractivity contribution in [2.75, 3.05) is 58.5 Å². The van der Waals surface area contributed by atoms with Gasteiger partial charge in [0.2, 0.25) is 0 Å². The van der Waals surface area contributed by atoms with E-state index in [0.29, 0.717) is 22.8 Å². The van der Waals surface area contributed by atoms with E-state index in [2.05, 4.69) is 15.1 Å². The molecule has 0 aromatic heterocycles. The van der Waals surface area contributed by atoms with E-state index in [4.69, 9.17) is 27.9 Å². The van der Waals surface area contributed by atoms with Gasteiger partial charge in [-0.15, -0.1) is 0 Å². The Kier molecular flexibility index (Phi) is 8.93. The van der Waals surface area contributed by atoms with Gasteiger partial charge in [-0.1, -0.05) is 29.3 Å². The summed E-state index contributed by atoms with van der Waals surface area (Å²) in [7, 11) is 3.35. The first-order valence-electron chi connectivity index (χ1n) is 10.9. The van der Waals surface area contributed by atoms with Crippen molar-refractivity contribution in [1.29, 1.82) is 0 Å². The fraction of sp³-hybridized carbons (Fsp3) is 0.682. The van der Waals surface area contributed by atoms with Crippen molar-refractivity contribution in [3.8, 4) is 0 Å². The molecule has 1 aromatic rings. The van der Waals surface area contributed by atoms with Crippen LogP contribution in [0.25, 0.3) is 0 Å². The van der Waals surface area contributed by atoms with Gasteiger partial charge in [0, 0.05) is 46.4 Å². The number of amides is 2. The van der Waals surface area contributed by atoms with Crippen molar-refractivity contribution in [3.05, 3.63) is 28.2 Å². The van der Waals surface area contributed by atoms with Crippen molar-refractivity contribution < 1.29 is 9.53 Å². The second kappa shape index (κ2) is 11.4. The molecule has 1 aromatic carbocycles. The van der Waals surface area contributed by atoms with E-state index in [-0.39, 0.29) is 6.03 Å². The van der Waals surface area contributed by atoms with E-state index < -0.39 is 0 Å². The lowest BCUT2D eigenvalue weighted by Crippen LogP contribution is -2.47. The van der Waals surface area contributed by atoms with Gasteiger partial charge in [0.15, 0.2) is 0 Å². The van der Waals surface area contributed by atoms with Crippen LogP contribution in [0.4, 0.5) is 10.5 Å². The summed E-state index contributed by atoms with van der Waals surface area (Å²) in [5, 5.41) is 4.41. The van der Waals surface area contributed by atoms with E-state index in [1.54, 1.807) is 19.1 Å². The lowest BCUT2D eigenvalue weighted by Gasteiger charge is -2.37. The third-order valence-corrected chi connectivity index (χ3v) is 7.15.